The summed E-state index contributed by atoms with van der Waals surface area (Å²) < 4.78 is 11.8. The Kier molecular flexibility index (Phi) is 10.8. The second kappa shape index (κ2) is 15.6. The molecule has 0 spiro atoms. The number of aliphatic carboxylic acids is 2. The molecule has 13 heteroatoms. The fourth-order valence-electron chi connectivity index (χ4n) is 5.17. The van der Waals surface area contributed by atoms with Gasteiger partial charge in [-0.1, -0.05) is 17.7 Å². The van der Waals surface area contributed by atoms with Crippen LogP contribution in [0, 0.1) is 6.92 Å². The summed E-state index contributed by atoms with van der Waals surface area (Å²) in [5.74, 6) is -0.842. The fourth-order valence-corrected chi connectivity index (χ4v) is 5.17. The Balaban J connectivity index is 0.000000503. The highest BCUT2D eigenvalue weighted by Crippen LogP contribution is 2.27. The van der Waals surface area contributed by atoms with Gasteiger partial charge in [0.15, 0.2) is 6.61 Å². The van der Waals surface area contributed by atoms with E-state index in [-0.39, 0.29) is 12.5 Å². The summed E-state index contributed by atoms with van der Waals surface area (Å²) in [6.45, 7) is 5.44. The molecule has 3 heterocycles. The third-order valence-corrected chi connectivity index (χ3v) is 7.72. The van der Waals surface area contributed by atoms with Gasteiger partial charge in [0.25, 0.3) is 5.91 Å². The molecule has 1 aliphatic heterocycles. The van der Waals surface area contributed by atoms with Gasteiger partial charge in [-0.25, -0.2) is 9.59 Å². The van der Waals surface area contributed by atoms with Gasteiger partial charge >= 0.3 is 11.9 Å². The van der Waals surface area contributed by atoms with Gasteiger partial charge in [-0.3, -0.25) is 4.79 Å². The van der Waals surface area contributed by atoms with Crippen molar-refractivity contribution in [3.05, 3.63) is 96.2 Å². The molecule has 1 fully saturated rings. The van der Waals surface area contributed by atoms with Gasteiger partial charge in [0.2, 0.25) is 11.8 Å². The number of nitrogens with two attached hydrogens (primary N) is 1. The predicted octanol–water partition coefficient (Wildman–Crippen LogP) is 4.13. The summed E-state index contributed by atoms with van der Waals surface area (Å²) in [5.41, 5.74) is 12.0. The first kappa shape index (κ1) is 33.4. The van der Waals surface area contributed by atoms with Crippen molar-refractivity contribution in [2.24, 2.45) is 5.73 Å². The van der Waals surface area contributed by atoms with Gasteiger partial charge in [0.05, 0.1) is 0 Å². The zero-order chi connectivity index (χ0) is 34.0. The molecular weight excluding hydrogens is 616 g/mol. The number of benzene rings is 3. The lowest BCUT2D eigenvalue weighted by atomic mass is 10.1. The molecule has 2 aromatic heterocycles. The second-order valence-corrected chi connectivity index (χ2v) is 11.1. The third-order valence-electron chi connectivity index (χ3n) is 7.72. The van der Waals surface area contributed by atoms with Crippen molar-refractivity contribution in [2.45, 2.75) is 13.3 Å². The third kappa shape index (κ3) is 8.65. The van der Waals surface area contributed by atoms with Crippen LogP contribution in [0.25, 0.3) is 33.8 Å². The van der Waals surface area contributed by atoms with E-state index in [1.54, 1.807) is 0 Å². The van der Waals surface area contributed by atoms with E-state index < -0.39 is 11.9 Å². The number of rotatable bonds is 10. The van der Waals surface area contributed by atoms with Crippen LogP contribution in [0.15, 0.2) is 89.5 Å². The van der Waals surface area contributed by atoms with E-state index in [4.69, 9.17) is 25.1 Å². The molecule has 248 valence electrons. The number of fused-ring (bicyclic) bond motifs is 1. The monoisotopic (exact) mass is 652 g/mol. The van der Waals surface area contributed by atoms with Crippen molar-refractivity contribution < 1.29 is 33.8 Å². The maximum absolute atomic E-state index is 12.9. The van der Waals surface area contributed by atoms with Crippen LogP contribution in [0.4, 0.5) is 5.69 Å². The van der Waals surface area contributed by atoms with Gasteiger partial charge in [-0.15, -0.1) is 10.2 Å². The lowest BCUT2D eigenvalue weighted by molar-refractivity contribution is -0.134. The number of H-pyrrole nitrogens is 1. The maximum Gasteiger partial charge on any atom is 0.328 e. The van der Waals surface area contributed by atoms with Crippen molar-refractivity contribution in [3.63, 3.8) is 0 Å². The Morgan fingerprint density at radius 3 is 2.08 bits per heavy atom. The maximum atomic E-state index is 12.9. The predicted molar refractivity (Wildman–Crippen MR) is 180 cm³/mol. The summed E-state index contributed by atoms with van der Waals surface area (Å²) in [5, 5.41) is 25.1. The highest BCUT2D eigenvalue weighted by atomic mass is 16.5. The Labute approximate surface area is 276 Å². The molecule has 0 radical (unpaired) electrons. The van der Waals surface area contributed by atoms with Crippen molar-refractivity contribution in [1.82, 2.24) is 20.1 Å². The normalized spacial score (nSPS) is 13.0. The van der Waals surface area contributed by atoms with E-state index in [1.807, 2.05) is 72.6 Å². The molecule has 5 aromatic rings. The van der Waals surface area contributed by atoms with E-state index in [1.165, 1.54) is 5.56 Å². The standard InChI is InChI=1S/C31H32N6O3.C4H4O4/c1-21-2-4-22(5-3-21)30-34-35-31(40-30)23-6-8-25(9-7-23)36-14-16-37(17-15-36)29(38)20-39-26-10-11-28-27(18-26)24(12-13-32)19-33-28;5-3(6)1-2-4(7)8/h2-11,18-19,33H,12-17,20,32H2,1H3;1-2H,(H,5,6)(H,7,8)/b;2-1+. The summed E-state index contributed by atoms with van der Waals surface area (Å²) in [6, 6.07) is 21.9. The van der Waals surface area contributed by atoms with Crippen LogP contribution in [0.1, 0.15) is 11.1 Å². The zero-order valence-corrected chi connectivity index (χ0v) is 26.3. The van der Waals surface area contributed by atoms with Gasteiger partial charge in [-0.05, 0) is 80.1 Å². The number of hydrogen-bond acceptors (Lipinski definition) is 9. The number of nitrogens with zero attached hydrogens (tertiary/aromatic N) is 4. The highest BCUT2D eigenvalue weighted by molar-refractivity contribution is 5.89. The number of aromatic nitrogens is 3. The lowest BCUT2D eigenvalue weighted by Crippen LogP contribution is -2.50. The minimum Gasteiger partial charge on any atom is -0.484 e. The topological polar surface area (TPSA) is 188 Å². The van der Waals surface area contributed by atoms with Crippen molar-refractivity contribution >= 4 is 34.4 Å². The number of hydrogen-bond donors (Lipinski definition) is 4. The number of carbonyl (C=O) groups is 3. The molecule has 5 N–H and O–H groups in total. The number of aromatic amines is 1. The SMILES string of the molecule is Cc1ccc(-c2nnc(-c3ccc(N4CCN(C(=O)COc5ccc6[nH]cc(CCN)c6c5)CC4)cc3)o2)cc1.O=C(O)/C=C/C(=O)O. The number of piperazine rings is 1. The van der Waals surface area contributed by atoms with Crippen molar-refractivity contribution in [2.75, 3.05) is 44.2 Å². The molecule has 0 bridgehead atoms. The van der Waals surface area contributed by atoms with Crippen LogP contribution < -0.4 is 15.4 Å². The molecule has 1 aliphatic rings. The van der Waals surface area contributed by atoms with Gasteiger partial charge in [0.1, 0.15) is 5.75 Å². The van der Waals surface area contributed by atoms with E-state index in [0.717, 1.165) is 52.8 Å². The van der Waals surface area contributed by atoms with Gasteiger partial charge < -0.3 is 39.9 Å². The molecule has 0 unspecified atom stereocenters. The number of ether oxygens (including phenoxy) is 1. The molecule has 13 nitrogen and oxygen atoms in total. The molecule has 0 saturated carbocycles. The molecule has 6 rings (SSSR count). The minimum absolute atomic E-state index is 0.00730. The molecule has 1 saturated heterocycles. The lowest BCUT2D eigenvalue weighted by Gasteiger charge is -2.36. The van der Waals surface area contributed by atoms with Gasteiger partial charge in [0, 0.05) is 72.2 Å². The average Bonchev–Trinajstić information content (AvgIpc) is 3.75. The minimum atomic E-state index is -1.26. The highest BCUT2D eigenvalue weighted by Gasteiger charge is 2.22. The van der Waals surface area contributed by atoms with Crippen LogP contribution in [0.5, 0.6) is 5.75 Å². The Bertz CT molecular complexity index is 1870. The number of aryl methyl sites for hydroxylation is 1. The van der Waals surface area contributed by atoms with E-state index >= 15 is 0 Å². The number of anilines is 1. The van der Waals surface area contributed by atoms with Crippen LogP contribution in [-0.2, 0) is 20.8 Å². The molecule has 0 aliphatic carbocycles. The first-order valence-electron chi connectivity index (χ1n) is 15.3. The Morgan fingerprint density at radius 1 is 0.896 bits per heavy atom. The number of carboxylic acid groups (broad SMARTS) is 2. The molecule has 0 atom stereocenters. The molecular formula is C35H36N6O7. The van der Waals surface area contributed by atoms with Crippen LogP contribution in [0.3, 0.4) is 0 Å². The van der Waals surface area contributed by atoms with Gasteiger partial charge in [-0.2, -0.15) is 0 Å². The second-order valence-electron chi connectivity index (χ2n) is 11.1. The molecule has 3 aromatic carbocycles. The quantitative estimate of drug-likeness (QED) is 0.159. The number of carbonyl (C=O) groups excluding carboxylic acids is 1. The zero-order valence-electron chi connectivity index (χ0n) is 26.3. The summed E-state index contributed by atoms with van der Waals surface area (Å²) in [4.78, 5) is 39.4. The Hall–Kier alpha value is -5.95. The van der Waals surface area contributed by atoms with Crippen LogP contribution in [0.2, 0.25) is 0 Å². The number of nitrogens with one attached hydrogen (secondary N) is 1. The van der Waals surface area contributed by atoms with Crippen LogP contribution >= 0.6 is 0 Å². The van der Waals surface area contributed by atoms with E-state index in [9.17, 15) is 14.4 Å². The smallest absolute Gasteiger partial charge is 0.328 e. The van der Waals surface area contributed by atoms with Crippen LogP contribution in [-0.4, -0.2) is 87.5 Å². The fraction of sp³-hybridized carbons (Fsp3) is 0.229. The first-order chi connectivity index (χ1) is 23.2. The van der Waals surface area contributed by atoms with Crippen molar-refractivity contribution in [3.8, 4) is 28.7 Å². The number of amides is 1. The summed E-state index contributed by atoms with van der Waals surface area (Å²) in [6.07, 6.45) is 3.89. The first-order valence-corrected chi connectivity index (χ1v) is 15.3. The largest absolute Gasteiger partial charge is 0.484 e. The Morgan fingerprint density at radius 2 is 1.50 bits per heavy atom. The van der Waals surface area contributed by atoms with E-state index in [2.05, 4.69) is 32.2 Å². The summed E-state index contributed by atoms with van der Waals surface area (Å²) >= 11 is 0. The molecule has 1 amide bonds. The average molecular weight is 653 g/mol. The number of carboxylic acids is 2. The molecule has 48 heavy (non-hydrogen) atoms. The van der Waals surface area contributed by atoms with E-state index in [0.29, 0.717) is 49.3 Å². The summed E-state index contributed by atoms with van der Waals surface area (Å²) in [7, 11) is 0. The van der Waals surface area contributed by atoms with Crippen molar-refractivity contribution in [1.29, 1.82) is 0 Å².